The summed E-state index contributed by atoms with van der Waals surface area (Å²) in [6.45, 7) is 0.352. The van der Waals surface area contributed by atoms with Crippen LogP contribution >= 0.6 is 23.2 Å². The molecule has 0 bridgehead atoms. The van der Waals surface area contributed by atoms with Gasteiger partial charge in [0.1, 0.15) is 0 Å². The van der Waals surface area contributed by atoms with Crippen LogP contribution < -0.4 is 10.0 Å². The van der Waals surface area contributed by atoms with Gasteiger partial charge in [-0.3, -0.25) is 14.6 Å². The molecule has 1 aliphatic carbocycles. The molecule has 0 spiro atoms. The first kappa shape index (κ1) is 29.5. The number of hydrogen-bond donors (Lipinski definition) is 2. The van der Waals surface area contributed by atoms with Gasteiger partial charge in [-0.25, -0.2) is 13.1 Å². The van der Waals surface area contributed by atoms with E-state index in [1.165, 1.54) is 0 Å². The number of halogens is 2. The molecule has 1 saturated carbocycles. The molecule has 2 aliphatic rings. The summed E-state index contributed by atoms with van der Waals surface area (Å²) in [5, 5.41) is 3.82. The summed E-state index contributed by atoms with van der Waals surface area (Å²) in [4.78, 5) is 34.4. The molecule has 2 N–H and O–H groups in total. The van der Waals surface area contributed by atoms with Gasteiger partial charge >= 0.3 is 0 Å². The third kappa shape index (κ3) is 6.59. The fraction of sp³-hybridized carbons (Fsp3) is 0.367. The monoisotopic (exact) mass is 614 g/mol. The zero-order chi connectivity index (χ0) is 29.1. The van der Waals surface area contributed by atoms with Crippen LogP contribution in [0.25, 0.3) is 0 Å². The zero-order valence-corrected chi connectivity index (χ0v) is 24.9. The molecular weight excluding hydrogens is 583 g/mol. The van der Waals surface area contributed by atoms with Gasteiger partial charge in [-0.2, -0.15) is 0 Å². The molecule has 41 heavy (non-hydrogen) atoms. The second-order valence-corrected chi connectivity index (χ2v) is 13.2. The van der Waals surface area contributed by atoms with Crippen LogP contribution in [0.5, 0.6) is 0 Å². The first-order chi connectivity index (χ1) is 19.6. The Hall–Kier alpha value is -2.98. The molecule has 2 heterocycles. The number of nitrogens with one attached hydrogen (secondary N) is 2. The van der Waals surface area contributed by atoms with Gasteiger partial charge in [0.2, 0.25) is 15.9 Å². The Morgan fingerprint density at radius 3 is 2.51 bits per heavy atom. The first-order valence-electron chi connectivity index (χ1n) is 13.7. The van der Waals surface area contributed by atoms with Crippen LogP contribution in [0.15, 0.2) is 66.9 Å². The zero-order valence-electron chi connectivity index (χ0n) is 22.6. The van der Waals surface area contributed by atoms with Gasteiger partial charge in [-0.05, 0) is 54.3 Å². The van der Waals surface area contributed by atoms with Crippen molar-refractivity contribution in [2.75, 3.05) is 12.8 Å². The summed E-state index contributed by atoms with van der Waals surface area (Å²) in [5.41, 5.74) is 2.45. The number of sulfonamides is 1. The average molecular weight is 616 g/mol. The van der Waals surface area contributed by atoms with Crippen LogP contribution in [0.3, 0.4) is 0 Å². The number of nitrogens with zero attached hydrogens (tertiary/aromatic N) is 2. The maximum absolute atomic E-state index is 14.3. The lowest BCUT2D eigenvalue weighted by Gasteiger charge is -2.49. The summed E-state index contributed by atoms with van der Waals surface area (Å²) in [5.74, 6) is -1.32. The van der Waals surface area contributed by atoms with E-state index in [0.29, 0.717) is 52.5 Å². The van der Waals surface area contributed by atoms with Gasteiger partial charge < -0.3 is 10.2 Å². The van der Waals surface area contributed by atoms with Crippen molar-refractivity contribution in [3.05, 3.63) is 99.3 Å². The first-order valence-corrected chi connectivity index (χ1v) is 16.3. The van der Waals surface area contributed by atoms with Gasteiger partial charge in [-0.1, -0.05) is 66.4 Å². The van der Waals surface area contributed by atoms with Crippen molar-refractivity contribution in [1.82, 2.24) is 19.9 Å². The van der Waals surface area contributed by atoms with Crippen molar-refractivity contribution in [1.29, 1.82) is 0 Å². The van der Waals surface area contributed by atoms with Gasteiger partial charge in [0, 0.05) is 52.5 Å². The average Bonchev–Trinajstić information content (AvgIpc) is 2.93. The van der Waals surface area contributed by atoms with Crippen LogP contribution in [0.4, 0.5) is 0 Å². The molecule has 1 aromatic heterocycles. The molecule has 2 amide bonds. The number of pyridine rings is 1. The van der Waals surface area contributed by atoms with E-state index in [1.807, 2.05) is 24.3 Å². The largest absolute Gasteiger partial charge is 0.355 e. The Labute approximate surface area is 250 Å². The van der Waals surface area contributed by atoms with Crippen molar-refractivity contribution < 1.29 is 18.0 Å². The molecule has 8 nitrogen and oxygen atoms in total. The standard InChI is InChI=1S/C30H32Cl2N4O4S/c1-41(39,40)35-25-11-4-5-12-26(25)36-28(23-14-13-19(31)18-24(23)32)27(21-9-2-3-10-22(21)30(36)38)29(37)34-17-15-20-8-6-7-16-33-20/h2-3,6-10,13-14,16,18,25-28,35H,4-5,11-12,15,17H2,1H3,(H,34,37)/t25-,26-,27+,28-/m0/s1. The lowest BCUT2D eigenvalue weighted by molar-refractivity contribution is -0.124. The van der Waals surface area contributed by atoms with Crippen molar-refractivity contribution in [2.24, 2.45) is 0 Å². The van der Waals surface area contributed by atoms with E-state index in [1.54, 1.807) is 47.5 Å². The number of carbonyl (C=O) groups excluding carboxylic acids is 2. The fourth-order valence-electron chi connectivity index (χ4n) is 6.10. The summed E-state index contributed by atoms with van der Waals surface area (Å²) in [7, 11) is -3.55. The number of amides is 2. The third-order valence-corrected chi connectivity index (χ3v) is 9.09. The Bertz CT molecular complexity index is 1540. The lowest BCUT2D eigenvalue weighted by atomic mass is 9.76. The highest BCUT2D eigenvalue weighted by atomic mass is 35.5. The molecule has 5 rings (SSSR count). The molecule has 0 unspecified atom stereocenters. The second kappa shape index (κ2) is 12.5. The highest BCUT2D eigenvalue weighted by molar-refractivity contribution is 7.88. The Balaban J connectivity index is 1.60. The minimum absolute atomic E-state index is 0.259. The number of benzene rings is 2. The van der Waals surface area contributed by atoms with Crippen LogP contribution in [-0.2, 0) is 21.2 Å². The molecule has 0 radical (unpaired) electrons. The molecule has 216 valence electrons. The molecule has 0 saturated heterocycles. The molecule has 4 atom stereocenters. The van der Waals surface area contributed by atoms with Crippen LogP contribution in [0.2, 0.25) is 10.0 Å². The SMILES string of the molecule is CS(=O)(=O)N[C@H]1CCCC[C@@H]1N1C(=O)c2ccccc2[C@@H](C(=O)NCCc2ccccn2)[C@@H]1c1ccc(Cl)cc1Cl. The van der Waals surface area contributed by atoms with Gasteiger partial charge in [0.05, 0.1) is 18.2 Å². The van der Waals surface area contributed by atoms with Gasteiger partial charge in [0.25, 0.3) is 5.91 Å². The summed E-state index contributed by atoms with van der Waals surface area (Å²) < 4.78 is 27.4. The lowest BCUT2D eigenvalue weighted by Crippen LogP contribution is -2.59. The Kier molecular flexibility index (Phi) is 8.99. The van der Waals surface area contributed by atoms with E-state index >= 15 is 0 Å². The predicted octanol–water partition coefficient (Wildman–Crippen LogP) is 4.89. The third-order valence-electron chi connectivity index (χ3n) is 7.80. The molecule has 11 heteroatoms. The number of carbonyl (C=O) groups is 2. The van der Waals surface area contributed by atoms with Crippen LogP contribution in [-0.4, -0.2) is 55.0 Å². The minimum Gasteiger partial charge on any atom is -0.355 e. The Morgan fingerprint density at radius 2 is 1.78 bits per heavy atom. The molecule has 1 aliphatic heterocycles. The summed E-state index contributed by atoms with van der Waals surface area (Å²) >= 11 is 13.0. The molecular formula is C30H32Cl2N4O4S. The maximum atomic E-state index is 14.3. The van der Waals surface area contributed by atoms with Crippen LogP contribution in [0, 0.1) is 0 Å². The topological polar surface area (TPSA) is 108 Å². The van der Waals surface area contributed by atoms with Gasteiger partial charge in [-0.15, -0.1) is 0 Å². The van der Waals surface area contributed by atoms with Crippen molar-refractivity contribution in [2.45, 2.75) is 56.1 Å². The number of rotatable bonds is 8. The normalized spacial score (nSPS) is 22.7. The Morgan fingerprint density at radius 1 is 1.02 bits per heavy atom. The quantitative estimate of drug-likeness (QED) is 0.375. The summed E-state index contributed by atoms with van der Waals surface area (Å²) in [6.07, 6.45) is 6.17. The van der Waals surface area contributed by atoms with E-state index in [2.05, 4.69) is 15.0 Å². The van der Waals surface area contributed by atoms with Crippen LogP contribution in [0.1, 0.15) is 64.8 Å². The van der Waals surface area contributed by atoms with E-state index in [0.717, 1.165) is 24.8 Å². The van der Waals surface area contributed by atoms with E-state index in [-0.39, 0.29) is 11.8 Å². The number of fused-ring (bicyclic) bond motifs is 1. The fourth-order valence-corrected chi connectivity index (χ4v) is 7.44. The molecule has 1 fully saturated rings. The van der Waals surface area contributed by atoms with Gasteiger partial charge in [0.15, 0.2) is 0 Å². The van der Waals surface area contributed by atoms with Crippen molar-refractivity contribution >= 4 is 45.0 Å². The smallest absolute Gasteiger partial charge is 0.255 e. The number of hydrogen-bond acceptors (Lipinski definition) is 5. The van der Waals surface area contributed by atoms with E-state index in [9.17, 15) is 18.0 Å². The summed E-state index contributed by atoms with van der Waals surface area (Å²) in [6, 6.07) is 16.0. The second-order valence-electron chi connectivity index (χ2n) is 10.6. The predicted molar refractivity (Wildman–Crippen MR) is 160 cm³/mol. The maximum Gasteiger partial charge on any atom is 0.255 e. The molecule has 3 aromatic rings. The minimum atomic E-state index is -3.55. The van der Waals surface area contributed by atoms with E-state index in [4.69, 9.17) is 23.2 Å². The highest BCUT2D eigenvalue weighted by Crippen LogP contribution is 2.47. The highest BCUT2D eigenvalue weighted by Gasteiger charge is 2.49. The van der Waals surface area contributed by atoms with Crippen molar-refractivity contribution in [3.8, 4) is 0 Å². The van der Waals surface area contributed by atoms with E-state index < -0.39 is 34.1 Å². The number of aromatic nitrogens is 1. The molecule has 2 aromatic carbocycles. The van der Waals surface area contributed by atoms with Crippen molar-refractivity contribution in [3.63, 3.8) is 0 Å².